The van der Waals surface area contributed by atoms with E-state index < -0.39 is 11.8 Å². The monoisotopic (exact) mass is 491 g/mol. The number of nitrogens with one attached hydrogen (secondary N) is 1. The molecule has 1 aromatic heterocycles. The van der Waals surface area contributed by atoms with Crippen LogP contribution in [0.25, 0.3) is 23.0 Å². The molecule has 178 valence electrons. The van der Waals surface area contributed by atoms with E-state index in [1.165, 1.54) is 4.90 Å². The molecule has 5 rings (SSSR count). The van der Waals surface area contributed by atoms with Gasteiger partial charge in [0.05, 0.1) is 11.4 Å². The van der Waals surface area contributed by atoms with Crippen LogP contribution < -0.4 is 10.2 Å². The van der Waals surface area contributed by atoms with Crippen LogP contribution in [-0.4, -0.2) is 21.5 Å². The van der Waals surface area contributed by atoms with Crippen molar-refractivity contribution in [1.29, 1.82) is 0 Å². The van der Waals surface area contributed by atoms with Gasteiger partial charge in [-0.3, -0.25) is 19.8 Å². The summed E-state index contributed by atoms with van der Waals surface area (Å²) in [6, 6.07) is 29.6. The van der Waals surface area contributed by atoms with Gasteiger partial charge in [-0.2, -0.15) is 0 Å². The third kappa shape index (κ3) is 4.27. The highest BCUT2D eigenvalue weighted by molar-refractivity contribution is 7.80. The lowest BCUT2D eigenvalue weighted by Gasteiger charge is -2.29. The number of aryl methyl sites for hydroxylation is 2. The minimum Gasteiger partial charge on any atom is -0.313 e. The van der Waals surface area contributed by atoms with E-state index in [0.717, 1.165) is 40.2 Å². The van der Waals surface area contributed by atoms with Crippen molar-refractivity contribution in [2.24, 2.45) is 0 Å². The van der Waals surface area contributed by atoms with Crippen LogP contribution in [0.2, 0.25) is 0 Å². The quantitative estimate of drug-likeness (QED) is 0.217. The van der Waals surface area contributed by atoms with Crippen LogP contribution in [0.15, 0.2) is 96.6 Å². The number of thiocarbonyl (C=S) groups is 1. The van der Waals surface area contributed by atoms with Gasteiger partial charge >= 0.3 is 0 Å². The van der Waals surface area contributed by atoms with Gasteiger partial charge < -0.3 is 4.57 Å². The Balaban J connectivity index is 1.65. The van der Waals surface area contributed by atoms with Gasteiger partial charge in [-0.15, -0.1) is 0 Å². The van der Waals surface area contributed by atoms with Crippen LogP contribution in [0.4, 0.5) is 5.69 Å². The van der Waals surface area contributed by atoms with Crippen LogP contribution >= 0.6 is 12.2 Å². The van der Waals surface area contributed by atoms with Gasteiger partial charge in [-0.05, 0) is 73.1 Å². The van der Waals surface area contributed by atoms with E-state index in [0.29, 0.717) is 5.69 Å². The first kappa shape index (κ1) is 23.5. The number of rotatable bonds is 5. The zero-order valence-corrected chi connectivity index (χ0v) is 20.9. The van der Waals surface area contributed by atoms with E-state index in [1.807, 2.05) is 97.9 Å². The number of aromatic nitrogens is 1. The lowest BCUT2D eigenvalue weighted by Crippen LogP contribution is -2.54. The topological polar surface area (TPSA) is 54.3 Å². The minimum atomic E-state index is -0.504. The molecule has 0 saturated carbocycles. The molecule has 0 unspecified atom stereocenters. The molecule has 1 N–H and O–H groups in total. The van der Waals surface area contributed by atoms with Crippen LogP contribution in [0.3, 0.4) is 0 Å². The largest absolute Gasteiger partial charge is 0.313 e. The van der Waals surface area contributed by atoms with Crippen molar-refractivity contribution >= 4 is 40.9 Å². The number of carbonyl (C=O) groups is 2. The molecular formula is C30H25N3O2S. The second-order valence-corrected chi connectivity index (χ2v) is 8.99. The van der Waals surface area contributed by atoms with Gasteiger partial charge in [-0.1, -0.05) is 67.6 Å². The first-order valence-electron chi connectivity index (χ1n) is 11.8. The van der Waals surface area contributed by atoms with E-state index in [-0.39, 0.29) is 10.7 Å². The van der Waals surface area contributed by atoms with Gasteiger partial charge in [0, 0.05) is 16.9 Å². The average molecular weight is 492 g/mol. The molecule has 3 aromatic carbocycles. The second-order valence-electron chi connectivity index (χ2n) is 8.60. The molecular weight excluding hydrogens is 466 g/mol. The van der Waals surface area contributed by atoms with Crippen LogP contribution in [-0.2, 0) is 16.0 Å². The number of hydrogen-bond donors (Lipinski definition) is 1. The van der Waals surface area contributed by atoms with Crippen molar-refractivity contribution < 1.29 is 9.59 Å². The summed E-state index contributed by atoms with van der Waals surface area (Å²) in [7, 11) is 0. The molecule has 0 aliphatic carbocycles. The fourth-order valence-corrected chi connectivity index (χ4v) is 4.78. The molecule has 2 amide bonds. The van der Waals surface area contributed by atoms with Gasteiger partial charge in [0.25, 0.3) is 11.8 Å². The Morgan fingerprint density at radius 2 is 1.50 bits per heavy atom. The lowest BCUT2D eigenvalue weighted by molar-refractivity contribution is -0.122. The number of benzene rings is 3. The van der Waals surface area contributed by atoms with Gasteiger partial charge in [-0.25, -0.2) is 0 Å². The normalized spacial score (nSPS) is 14.9. The zero-order valence-electron chi connectivity index (χ0n) is 20.1. The fourth-order valence-electron chi connectivity index (χ4n) is 4.50. The molecule has 0 spiro atoms. The Hall–Kier alpha value is -4.29. The highest BCUT2D eigenvalue weighted by Gasteiger charge is 2.35. The average Bonchev–Trinajstić information content (AvgIpc) is 3.23. The van der Waals surface area contributed by atoms with Gasteiger partial charge in [0.1, 0.15) is 5.57 Å². The zero-order chi connectivity index (χ0) is 25.2. The van der Waals surface area contributed by atoms with Gasteiger partial charge in [0.15, 0.2) is 5.11 Å². The third-order valence-corrected chi connectivity index (χ3v) is 6.56. The van der Waals surface area contributed by atoms with E-state index >= 15 is 0 Å². The Kier molecular flexibility index (Phi) is 6.36. The first-order valence-corrected chi connectivity index (χ1v) is 12.2. The Morgan fingerprint density at radius 3 is 2.14 bits per heavy atom. The fraction of sp³-hybridized carbons (Fsp3) is 0.100. The Labute approximate surface area is 215 Å². The summed E-state index contributed by atoms with van der Waals surface area (Å²) >= 11 is 5.38. The number of para-hydroxylation sites is 1. The highest BCUT2D eigenvalue weighted by Crippen LogP contribution is 2.33. The molecule has 5 nitrogen and oxygen atoms in total. The molecule has 36 heavy (non-hydrogen) atoms. The van der Waals surface area contributed by atoms with Crippen molar-refractivity contribution in [3.63, 3.8) is 0 Å². The number of hydrogen-bond acceptors (Lipinski definition) is 3. The van der Waals surface area contributed by atoms with Crippen molar-refractivity contribution in [3.8, 4) is 16.9 Å². The van der Waals surface area contributed by atoms with E-state index in [9.17, 15) is 9.59 Å². The summed E-state index contributed by atoms with van der Waals surface area (Å²) in [5.41, 5.74) is 6.44. The van der Waals surface area contributed by atoms with Crippen LogP contribution in [0, 0.1) is 6.92 Å². The molecule has 0 bridgehead atoms. The van der Waals surface area contributed by atoms with Crippen LogP contribution in [0.5, 0.6) is 0 Å². The summed E-state index contributed by atoms with van der Waals surface area (Å²) in [5.74, 6) is -0.951. The smallest absolute Gasteiger partial charge is 0.270 e. The molecule has 0 atom stereocenters. The molecule has 1 saturated heterocycles. The Bertz CT molecular complexity index is 1490. The maximum atomic E-state index is 13.6. The van der Waals surface area contributed by atoms with E-state index in [4.69, 9.17) is 12.2 Å². The number of carbonyl (C=O) groups excluding carboxylic acids is 2. The number of anilines is 1. The molecule has 6 heteroatoms. The molecule has 0 radical (unpaired) electrons. The van der Waals surface area contributed by atoms with E-state index in [2.05, 4.69) is 16.8 Å². The molecule has 1 fully saturated rings. The van der Waals surface area contributed by atoms with Crippen LogP contribution in [0.1, 0.15) is 23.7 Å². The third-order valence-electron chi connectivity index (χ3n) is 6.28. The molecule has 1 aliphatic heterocycles. The number of nitrogens with zero attached hydrogens (tertiary/aromatic N) is 2. The van der Waals surface area contributed by atoms with Crippen molar-refractivity contribution in [2.75, 3.05) is 4.90 Å². The van der Waals surface area contributed by atoms with Crippen molar-refractivity contribution in [3.05, 3.63) is 113 Å². The summed E-state index contributed by atoms with van der Waals surface area (Å²) in [6.45, 7) is 4.08. The summed E-state index contributed by atoms with van der Waals surface area (Å²) in [5, 5.41) is 2.77. The standard InChI is InChI=1S/C30H25N3O2S/c1-3-21-14-16-25(17-15-21)33-29(35)26(28(34)31-30(33)36)19-23-18-20(2)32(24-12-8-5-9-13-24)27(23)22-10-6-4-7-11-22/h4-19H,3H2,1-2H3,(H,31,34,36)/b26-19+. The summed E-state index contributed by atoms with van der Waals surface area (Å²) < 4.78 is 2.14. The number of amides is 2. The maximum absolute atomic E-state index is 13.6. The molecule has 4 aromatic rings. The Morgan fingerprint density at radius 1 is 0.861 bits per heavy atom. The maximum Gasteiger partial charge on any atom is 0.270 e. The predicted molar refractivity (Wildman–Crippen MR) is 148 cm³/mol. The highest BCUT2D eigenvalue weighted by atomic mass is 32.1. The predicted octanol–water partition coefficient (Wildman–Crippen LogP) is 5.85. The minimum absolute atomic E-state index is 0.0329. The second kappa shape index (κ2) is 9.76. The molecule has 2 heterocycles. The van der Waals surface area contributed by atoms with Crippen molar-refractivity contribution in [2.45, 2.75) is 20.3 Å². The van der Waals surface area contributed by atoms with Gasteiger partial charge in [0.2, 0.25) is 0 Å². The molecule has 1 aliphatic rings. The summed E-state index contributed by atoms with van der Waals surface area (Å²) in [6.07, 6.45) is 2.56. The SMILES string of the molecule is CCc1ccc(N2C(=O)/C(=C/c3cc(C)n(-c4ccccc4)c3-c3ccccc3)C(=O)NC2=S)cc1. The van der Waals surface area contributed by atoms with E-state index in [1.54, 1.807) is 6.08 Å². The first-order chi connectivity index (χ1) is 17.5. The summed E-state index contributed by atoms with van der Waals surface area (Å²) in [4.78, 5) is 28.0. The van der Waals surface area contributed by atoms with Crippen molar-refractivity contribution in [1.82, 2.24) is 9.88 Å². The lowest BCUT2D eigenvalue weighted by atomic mass is 10.0.